The van der Waals surface area contributed by atoms with Gasteiger partial charge in [0.15, 0.2) is 0 Å². The molecule has 1 N–H and O–H groups in total. The summed E-state index contributed by atoms with van der Waals surface area (Å²) >= 11 is 0. The molecule has 0 radical (unpaired) electrons. The summed E-state index contributed by atoms with van der Waals surface area (Å²) < 4.78 is 5.86. The number of hydrogen-bond donors (Lipinski definition) is 1. The molecule has 1 spiro atoms. The topological polar surface area (TPSA) is 46.5 Å². The summed E-state index contributed by atoms with van der Waals surface area (Å²) in [5.74, 6) is 2.04. The van der Waals surface area contributed by atoms with Crippen molar-refractivity contribution < 1.29 is 14.6 Å². The van der Waals surface area contributed by atoms with E-state index in [4.69, 9.17) is 4.74 Å². The van der Waals surface area contributed by atoms with E-state index in [1.54, 1.807) is 0 Å². The molecule has 98 valence electrons. The first kappa shape index (κ1) is 11.8. The van der Waals surface area contributed by atoms with Crippen molar-refractivity contribution in [3.8, 4) is 0 Å². The molecule has 0 aliphatic carbocycles. The Morgan fingerprint density at radius 1 is 1.59 bits per heavy atom. The third-order valence-electron chi connectivity index (χ3n) is 4.83. The second-order valence-electron chi connectivity index (χ2n) is 5.98. The van der Waals surface area contributed by atoms with Crippen molar-refractivity contribution in [2.24, 2.45) is 5.92 Å². The number of esters is 1. The van der Waals surface area contributed by atoms with Gasteiger partial charge < -0.3 is 9.84 Å². The Balaban J connectivity index is 1.68. The quantitative estimate of drug-likeness (QED) is 0.622. The predicted octanol–water partition coefficient (Wildman–Crippen LogP) is 2.37. The molecule has 3 fully saturated rings. The highest BCUT2D eigenvalue weighted by atomic mass is 32.3. The molecule has 3 rings (SSSR count). The van der Waals surface area contributed by atoms with Gasteiger partial charge in [-0.3, -0.25) is 4.79 Å². The second-order valence-corrected chi connectivity index (χ2v) is 9.95. The summed E-state index contributed by atoms with van der Waals surface area (Å²) in [6.45, 7) is 4.05. The molecule has 3 nitrogen and oxygen atoms in total. The number of aliphatic hydroxyl groups is 1. The predicted molar refractivity (Wildman–Crippen MR) is 69.0 cm³/mol. The van der Waals surface area contributed by atoms with Gasteiger partial charge in [-0.05, 0) is 25.0 Å². The van der Waals surface area contributed by atoms with E-state index in [0.717, 1.165) is 43.6 Å². The van der Waals surface area contributed by atoms with Gasteiger partial charge in [0.05, 0.1) is 5.92 Å². The Labute approximate surface area is 104 Å². The molecule has 0 aromatic heterocycles. The zero-order chi connectivity index (χ0) is 12.3. The van der Waals surface area contributed by atoms with Crippen LogP contribution < -0.4 is 0 Å². The lowest BCUT2D eigenvalue weighted by Crippen LogP contribution is -2.48. The fourth-order valence-electron chi connectivity index (χ4n) is 3.82. The van der Waals surface area contributed by atoms with E-state index in [2.05, 4.69) is 6.92 Å². The molecular weight excluding hydrogens is 236 g/mol. The van der Waals surface area contributed by atoms with Crippen LogP contribution >= 0.6 is 10.0 Å². The molecule has 4 heteroatoms. The third kappa shape index (κ3) is 1.31. The maximum atomic E-state index is 12.0. The molecule has 0 aromatic rings. The normalized spacial score (nSPS) is 51.5. The van der Waals surface area contributed by atoms with Crippen molar-refractivity contribution in [2.45, 2.75) is 55.8 Å². The molecule has 3 heterocycles. The number of carbonyl (C=O) groups is 1. The Morgan fingerprint density at radius 3 is 2.94 bits per heavy atom. The average Bonchev–Trinajstić information content (AvgIpc) is 2.58. The van der Waals surface area contributed by atoms with Crippen LogP contribution in [-0.2, 0) is 9.53 Å². The monoisotopic (exact) mass is 258 g/mol. The van der Waals surface area contributed by atoms with Gasteiger partial charge in [0.25, 0.3) is 0 Å². The first-order valence-electron chi connectivity index (χ1n) is 6.72. The van der Waals surface area contributed by atoms with Crippen LogP contribution in [0.25, 0.3) is 0 Å². The minimum Gasteiger partial charge on any atom is -0.449 e. The van der Waals surface area contributed by atoms with Crippen LogP contribution in [0.15, 0.2) is 0 Å². The van der Waals surface area contributed by atoms with Crippen LogP contribution in [0.2, 0.25) is 0 Å². The molecule has 4 unspecified atom stereocenters. The van der Waals surface area contributed by atoms with Gasteiger partial charge in [-0.25, -0.2) is 0 Å². The summed E-state index contributed by atoms with van der Waals surface area (Å²) in [4.78, 5) is 11.4. The fourth-order valence-corrected chi connectivity index (χ4v) is 9.11. The Bertz CT molecular complexity index is 368. The summed E-state index contributed by atoms with van der Waals surface area (Å²) in [7, 11) is -0.970. The van der Waals surface area contributed by atoms with Gasteiger partial charge in [0, 0.05) is 12.2 Å². The van der Waals surface area contributed by atoms with Crippen LogP contribution in [0.1, 0.15) is 46.0 Å². The van der Waals surface area contributed by atoms with Crippen LogP contribution in [0.3, 0.4) is 0 Å². The highest BCUT2D eigenvalue weighted by molar-refractivity contribution is 8.42. The largest absolute Gasteiger partial charge is 0.449 e. The van der Waals surface area contributed by atoms with Crippen LogP contribution in [0.5, 0.6) is 0 Å². The smallest absolute Gasteiger partial charge is 0.309 e. The highest BCUT2D eigenvalue weighted by Gasteiger charge is 2.85. The summed E-state index contributed by atoms with van der Waals surface area (Å²) in [6.07, 6.45) is 4.77. The van der Waals surface area contributed by atoms with Gasteiger partial charge in [0.2, 0.25) is 0 Å². The average molecular weight is 258 g/mol. The summed E-state index contributed by atoms with van der Waals surface area (Å²) in [5, 5.41) is 10.2. The van der Waals surface area contributed by atoms with E-state index in [1.165, 1.54) is 0 Å². The van der Waals surface area contributed by atoms with Gasteiger partial charge >= 0.3 is 5.97 Å². The van der Waals surface area contributed by atoms with E-state index in [-0.39, 0.29) is 16.8 Å². The molecule has 0 amide bonds. The van der Waals surface area contributed by atoms with Gasteiger partial charge in [-0.1, -0.05) is 20.3 Å². The Hall–Kier alpha value is -0.220. The number of rotatable bonds is 4. The van der Waals surface area contributed by atoms with E-state index in [0.29, 0.717) is 0 Å². The molecule has 0 aromatic carbocycles. The molecule has 3 aliphatic rings. The second kappa shape index (κ2) is 3.41. The minimum absolute atomic E-state index is 0.0128. The lowest BCUT2D eigenvalue weighted by Gasteiger charge is -2.50. The molecule has 17 heavy (non-hydrogen) atoms. The first-order valence-corrected chi connectivity index (χ1v) is 8.69. The van der Waals surface area contributed by atoms with Gasteiger partial charge in [0.1, 0.15) is 9.87 Å². The Kier molecular flexibility index (Phi) is 2.38. The van der Waals surface area contributed by atoms with Crippen molar-refractivity contribution >= 4 is 16.0 Å². The minimum atomic E-state index is -0.970. The SMILES string of the molecule is CCCC(C)C(=O)OC12CCCS13CC3(O)C2. The van der Waals surface area contributed by atoms with Crippen molar-refractivity contribution in [3.05, 3.63) is 0 Å². The number of carbonyl (C=O) groups excluding carboxylic acids is 1. The Morgan fingerprint density at radius 2 is 2.35 bits per heavy atom. The van der Waals surface area contributed by atoms with Crippen molar-refractivity contribution in [1.29, 1.82) is 0 Å². The maximum Gasteiger partial charge on any atom is 0.309 e. The van der Waals surface area contributed by atoms with Crippen molar-refractivity contribution in [1.82, 2.24) is 0 Å². The van der Waals surface area contributed by atoms with E-state index < -0.39 is 15.0 Å². The first-order chi connectivity index (χ1) is 7.99. The standard InChI is InChI=1S/C13H22O3S/c1-3-5-10(2)11(14)16-13-6-4-7-17(13)9-12(17,15)8-13/h10,15H,3-9H2,1-2H3. The van der Waals surface area contributed by atoms with Gasteiger partial charge in [-0.2, -0.15) is 10.0 Å². The molecule has 3 aliphatic heterocycles. The van der Waals surface area contributed by atoms with Crippen molar-refractivity contribution in [3.63, 3.8) is 0 Å². The molecular formula is C13H22O3S. The number of ether oxygens (including phenoxy) is 1. The fraction of sp³-hybridized carbons (Fsp3) is 0.923. The molecule has 4 atom stereocenters. The number of hydrogen-bond acceptors (Lipinski definition) is 3. The lowest BCUT2D eigenvalue weighted by molar-refractivity contribution is -0.160. The van der Waals surface area contributed by atoms with Crippen LogP contribution in [0.4, 0.5) is 0 Å². The van der Waals surface area contributed by atoms with Crippen molar-refractivity contribution in [2.75, 3.05) is 11.5 Å². The van der Waals surface area contributed by atoms with E-state index in [1.807, 2.05) is 6.92 Å². The maximum absolute atomic E-state index is 12.0. The highest BCUT2D eigenvalue weighted by Crippen LogP contribution is 2.96. The molecule has 3 saturated heterocycles. The zero-order valence-electron chi connectivity index (χ0n) is 10.7. The molecule has 0 bridgehead atoms. The summed E-state index contributed by atoms with van der Waals surface area (Å²) in [6, 6.07) is 0. The summed E-state index contributed by atoms with van der Waals surface area (Å²) in [5.41, 5.74) is 0. The van der Waals surface area contributed by atoms with E-state index >= 15 is 0 Å². The zero-order valence-corrected chi connectivity index (χ0v) is 11.5. The third-order valence-corrected chi connectivity index (χ3v) is 10.0. The lowest BCUT2D eigenvalue weighted by atomic mass is 10.0. The molecule has 0 saturated carbocycles. The van der Waals surface area contributed by atoms with E-state index in [9.17, 15) is 9.90 Å². The van der Waals surface area contributed by atoms with Crippen LogP contribution in [-0.4, -0.2) is 32.4 Å². The van der Waals surface area contributed by atoms with Gasteiger partial charge in [-0.15, -0.1) is 0 Å². The van der Waals surface area contributed by atoms with Crippen LogP contribution in [0, 0.1) is 5.92 Å².